The monoisotopic (exact) mass is 733 g/mol. The molecule has 53 heavy (non-hydrogen) atoms. The fourth-order valence-electron chi connectivity index (χ4n) is 7.15. The Morgan fingerprint density at radius 2 is 0.755 bits per heavy atom. The van der Waals surface area contributed by atoms with E-state index in [0.717, 1.165) is 68.2 Å². The number of anilines is 2. The zero-order chi connectivity index (χ0) is 38.2. The predicted octanol–water partition coefficient (Wildman–Crippen LogP) is 12.4. The standard InChI is InChI=1S/C47H80N4O2/c1-5-9-13-17-19-23-35-50(33-21-15-11-7-3)37-31-46(52)48-44-29-25-27-42(40-44)39-43-28-26-30-45(41-43)49-47(53)32-38-51(34-22-16-12-8-4)36-24-20-18-14-10-6-2/h25-30,40-41H,5-24,31-39H2,1-4H3,(H,48,52)(H,49,53). The van der Waals surface area contributed by atoms with Crippen LogP contribution >= 0.6 is 0 Å². The highest BCUT2D eigenvalue weighted by atomic mass is 16.2. The summed E-state index contributed by atoms with van der Waals surface area (Å²) < 4.78 is 0. The Labute approximate surface area is 326 Å². The van der Waals surface area contributed by atoms with Crippen LogP contribution in [0.2, 0.25) is 0 Å². The molecular formula is C47H80N4O2. The molecule has 6 heteroatoms. The molecule has 0 saturated heterocycles. The van der Waals surface area contributed by atoms with E-state index in [1.807, 2.05) is 24.3 Å². The third kappa shape index (κ3) is 24.4. The summed E-state index contributed by atoms with van der Waals surface area (Å²) in [5.41, 5.74) is 3.98. The molecule has 0 aliphatic carbocycles. The van der Waals surface area contributed by atoms with Gasteiger partial charge >= 0.3 is 0 Å². The van der Waals surface area contributed by atoms with E-state index in [1.165, 1.54) is 128 Å². The maximum Gasteiger partial charge on any atom is 0.225 e. The third-order valence-electron chi connectivity index (χ3n) is 10.5. The first-order chi connectivity index (χ1) is 26.0. The fourth-order valence-corrected chi connectivity index (χ4v) is 7.15. The predicted molar refractivity (Wildman–Crippen MR) is 230 cm³/mol. The first kappa shape index (κ1) is 46.5. The van der Waals surface area contributed by atoms with Crippen molar-refractivity contribution in [3.05, 3.63) is 59.7 Å². The number of benzene rings is 2. The highest BCUT2D eigenvalue weighted by Gasteiger charge is 2.12. The summed E-state index contributed by atoms with van der Waals surface area (Å²) in [6.07, 6.45) is 27.4. The SMILES string of the molecule is CCCCCCCCN(CCCCCC)CCC(=O)Nc1cccc(Cc2cccc(NC(=O)CCN(CCCCCC)CCCCCCCC)c2)c1. The van der Waals surface area contributed by atoms with Gasteiger partial charge in [0, 0.05) is 37.3 Å². The van der Waals surface area contributed by atoms with E-state index in [2.05, 4.69) is 72.4 Å². The average molecular weight is 733 g/mol. The molecule has 2 aromatic rings. The van der Waals surface area contributed by atoms with Gasteiger partial charge in [-0.15, -0.1) is 0 Å². The van der Waals surface area contributed by atoms with Crippen molar-refractivity contribution in [2.45, 2.75) is 175 Å². The molecule has 2 aromatic carbocycles. The van der Waals surface area contributed by atoms with Gasteiger partial charge in [0.25, 0.3) is 0 Å². The summed E-state index contributed by atoms with van der Waals surface area (Å²) in [7, 11) is 0. The number of rotatable bonds is 34. The summed E-state index contributed by atoms with van der Waals surface area (Å²) in [6, 6.07) is 16.4. The van der Waals surface area contributed by atoms with Crippen LogP contribution in [0.1, 0.15) is 180 Å². The second-order valence-electron chi connectivity index (χ2n) is 15.5. The van der Waals surface area contributed by atoms with Gasteiger partial charge in [-0.2, -0.15) is 0 Å². The molecule has 0 radical (unpaired) electrons. The van der Waals surface area contributed by atoms with E-state index in [9.17, 15) is 9.59 Å². The minimum absolute atomic E-state index is 0.0832. The lowest BCUT2D eigenvalue weighted by atomic mass is 10.0. The zero-order valence-corrected chi connectivity index (χ0v) is 34.8. The second-order valence-corrected chi connectivity index (χ2v) is 15.5. The molecule has 300 valence electrons. The second kappa shape index (κ2) is 31.6. The van der Waals surface area contributed by atoms with Gasteiger partial charge in [0.05, 0.1) is 0 Å². The smallest absolute Gasteiger partial charge is 0.225 e. The van der Waals surface area contributed by atoms with E-state index in [4.69, 9.17) is 0 Å². The molecule has 0 bridgehead atoms. The van der Waals surface area contributed by atoms with Crippen LogP contribution < -0.4 is 10.6 Å². The van der Waals surface area contributed by atoms with Crippen LogP contribution in [-0.2, 0) is 16.0 Å². The fraction of sp³-hybridized carbons (Fsp3) is 0.702. The van der Waals surface area contributed by atoms with E-state index in [1.54, 1.807) is 0 Å². The molecule has 0 aliphatic rings. The number of hydrogen-bond acceptors (Lipinski definition) is 4. The quantitative estimate of drug-likeness (QED) is 0.0703. The Hall–Kier alpha value is -2.70. The zero-order valence-electron chi connectivity index (χ0n) is 34.8. The van der Waals surface area contributed by atoms with Crippen molar-refractivity contribution in [3.63, 3.8) is 0 Å². The molecule has 2 rings (SSSR count). The average Bonchev–Trinajstić information content (AvgIpc) is 3.15. The number of nitrogens with zero attached hydrogens (tertiary/aromatic N) is 2. The largest absolute Gasteiger partial charge is 0.326 e. The Balaban J connectivity index is 1.85. The summed E-state index contributed by atoms with van der Waals surface area (Å²) in [5, 5.41) is 6.33. The van der Waals surface area contributed by atoms with Gasteiger partial charge in [-0.25, -0.2) is 0 Å². The van der Waals surface area contributed by atoms with Crippen LogP contribution in [0.15, 0.2) is 48.5 Å². The van der Waals surface area contributed by atoms with Crippen molar-refractivity contribution in [1.82, 2.24) is 9.80 Å². The number of carbonyl (C=O) groups excluding carboxylic acids is 2. The Morgan fingerprint density at radius 3 is 1.11 bits per heavy atom. The number of amides is 2. The van der Waals surface area contributed by atoms with Gasteiger partial charge in [-0.05, 0) is 93.7 Å². The lowest BCUT2D eigenvalue weighted by Gasteiger charge is -2.22. The van der Waals surface area contributed by atoms with Gasteiger partial charge in [0.1, 0.15) is 0 Å². The van der Waals surface area contributed by atoms with E-state index in [-0.39, 0.29) is 11.8 Å². The lowest BCUT2D eigenvalue weighted by molar-refractivity contribution is -0.117. The molecule has 6 nitrogen and oxygen atoms in total. The van der Waals surface area contributed by atoms with Crippen LogP contribution in [0.4, 0.5) is 11.4 Å². The van der Waals surface area contributed by atoms with Crippen molar-refractivity contribution in [2.75, 3.05) is 49.9 Å². The van der Waals surface area contributed by atoms with Crippen LogP contribution in [0, 0.1) is 0 Å². The summed E-state index contributed by atoms with van der Waals surface area (Å²) in [5.74, 6) is 0.166. The molecule has 2 N–H and O–H groups in total. The first-order valence-corrected chi connectivity index (χ1v) is 22.2. The van der Waals surface area contributed by atoms with Crippen LogP contribution in [0.25, 0.3) is 0 Å². The van der Waals surface area contributed by atoms with E-state index in [0.29, 0.717) is 12.8 Å². The molecule has 0 heterocycles. The van der Waals surface area contributed by atoms with E-state index >= 15 is 0 Å². The number of unbranched alkanes of at least 4 members (excludes halogenated alkanes) is 16. The van der Waals surface area contributed by atoms with Gasteiger partial charge in [-0.1, -0.05) is 155 Å². The highest BCUT2D eigenvalue weighted by molar-refractivity contribution is 5.91. The Kier molecular flexibility index (Phi) is 27.7. The van der Waals surface area contributed by atoms with Crippen molar-refractivity contribution in [2.24, 2.45) is 0 Å². The van der Waals surface area contributed by atoms with Crippen LogP contribution in [-0.4, -0.2) is 60.9 Å². The molecule has 0 unspecified atom stereocenters. The minimum Gasteiger partial charge on any atom is -0.326 e. The summed E-state index contributed by atoms with van der Waals surface area (Å²) >= 11 is 0. The van der Waals surface area contributed by atoms with Crippen LogP contribution in [0.5, 0.6) is 0 Å². The van der Waals surface area contributed by atoms with Gasteiger partial charge in [-0.3, -0.25) is 9.59 Å². The molecule has 0 saturated carbocycles. The normalized spacial score (nSPS) is 11.4. The minimum atomic E-state index is 0.0832. The number of nitrogens with one attached hydrogen (secondary N) is 2. The maximum atomic E-state index is 13.1. The Morgan fingerprint density at radius 1 is 0.434 bits per heavy atom. The maximum absolute atomic E-state index is 13.1. The number of hydrogen-bond donors (Lipinski definition) is 2. The van der Waals surface area contributed by atoms with Gasteiger partial charge in [0.15, 0.2) is 0 Å². The molecule has 0 spiro atoms. The van der Waals surface area contributed by atoms with Gasteiger partial charge < -0.3 is 20.4 Å². The molecule has 0 atom stereocenters. The first-order valence-electron chi connectivity index (χ1n) is 22.2. The van der Waals surface area contributed by atoms with Crippen molar-refractivity contribution >= 4 is 23.2 Å². The molecular weight excluding hydrogens is 653 g/mol. The lowest BCUT2D eigenvalue weighted by Crippen LogP contribution is -2.30. The molecule has 0 aromatic heterocycles. The third-order valence-corrected chi connectivity index (χ3v) is 10.5. The molecule has 0 fully saturated rings. The van der Waals surface area contributed by atoms with E-state index < -0.39 is 0 Å². The molecule has 2 amide bonds. The topological polar surface area (TPSA) is 64.7 Å². The summed E-state index contributed by atoms with van der Waals surface area (Å²) in [4.78, 5) is 31.1. The van der Waals surface area contributed by atoms with Crippen LogP contribution in [0.3, 0.4) is 0 Å². The Bertz CT molecular complexity index is 1110. The van der Waals surface area contributed by atoms with Crippen molar-refractivity contribution in [3.8, 4) is 0 Å². The van der Waals surface area contributed by atoms with Crippen molar-refractivity contribution in [1.29, 1.82) is 0 Å². The number of carbonyl (C=O) groups is 2. The van der Waals surface area contributed by atoms with Gasteiger partial charge in [0.2, 0.25) is 11.8 Å². The van der Waals surface area contributed by atoms with Crippen molar-refractivity contribution < 1.29 is 9.59 Å². The summed E-state index contributed by atoms with van der Waals surface area (Å²) in [6.45, 7) is 15.1. The molecule has 0 aliphatic heterocycles. The highest BCUT2D eigenvalue weighted by Crippen LogP contribution is 2.19.